The van der Waals surface area contributed by atoms with Crippen LogP contribution in [0.3, 0.4) is 0 Å². The molecule has 1 radical (unpaired) electrons. The number of nitro benzene ring substituents is 1. The Balaban J connectivity index is 0.00000312. The van der Waals surface area contributed by atoms with Crippen LogP contribution in [0, 0.1) is 16.2 Å². The van der Waals surface area contributed by atoms with E-state index in [1.807, 2.05) is 24.3 Å². The van der Waals surface area contributed by atoms with Gasteiger partial charge in [0.05, 0.1) is 0 Å². The molecule has 0 saturated carbocycles. The third-order valence-corrected chi connectivity index (χ3v) is 4.08. The number of rotatable bonds is 6. The van der Waals surface area contributed by atoms with E-state index < -0.39 is 16.4 Å². The molecule has 25 heavy (non-hydrogen) atoms. The summed E-state index contributed by atoms with van der Waals surface area (Å²) in [5.74, 6) is -0.568. The van der Waals surface area contributed by atoms with E-state index in [1.54, 1.807) is 0 Å². The molecule has 8 heteroatoms. The minimum Gasteiger partial charge on any atom is -0.380 e. The van der Waals surface area contributed by atoms with E-state index in [1.165, 1.54) is 25.1 Å². The summed E-state index contributed by atoms with van der Waals surface area (Å²) in [6, 6.07) is 14.0. The van der Waals surface area contributed by atoms with Crippen molar-refractivity contribution in [2.75, 3.05) is 5.32 Å². The third-order valence-electron chi connectivity index (χ3n) is 3.55. The van der Waals surface area contributed by atoms with Gasteiger partial charge in [-0.1, -0.05) is 45.9 Å². The molecule has 2 aromatic carbocycles. The van der Waals surface area contributed by atoms with Gasteiger partial charge in [-0.3, -0.25) is 14.9 Å². The first-order valence-corrected chi connectivity index (χ1v) is 8.01. The molecule has 0 aliphatic rings. The largest absolute Gasteiger partial charge is 0.380 e. The second-order valence-corrected chi connectivity index (χ2v) is 6.49. The molecule has 2 aromatic rings. The fraction of sp³-hybridized carbons (Fsp3) is 0.235. The summed E-state index contributed by atoms with van der Waals surface area (Å²) in [7, 11) is 0. The first kappa shape index (κ1) is 21.9. The van der Waals surface area contributed by atoms with Crippen molar-refractivity contribution in [1.82, 2.24) is 0 Å². The third kappa shape index (κ3) is 6.58. The smallest absolute Gasteiger partial charge is 0.245 e. The fourth-order valence-corrected chi connectivity index (χ4v) is 2.29. The van der Waals surface area contributed by atoms with Crippen molar-refractivity contribution < 1.29 is 47.5 Å². The second-order valence-electron chi connectivity index (χ2n) is 5.57. The van der Waals surface area contributed by atoms with E-state index in [-0.39, 0.29) is 44.8 Å². The number of nitro groups is 1. The van der Waals surface area contributed by atoms with Gasteiger partial charge in [0.2, 0.25) is 5.91 Å². The van der Waals surface area contributed by atoms with E-state index in [0.717, 1.165) is 10.0 Å². The van der Waals surface area contributed by atoms with Crippen molar-refractivity contribution in [1.29, 1.82) is 0 Å². The molecule has 1 atom stereocenters. The summed E-state index contributed by atoms with van der Waals surface area (Å²) >= 11 is 3.35. The molecule has 0 saturated heterocycles. The standard InChI is InChI=1S/C17H16BrN2O4.Y/c1-17(22,11-10-12-2-4-13(18)5-3-12)16(21)19-14-6-8-15(9-7-14)20(23)24;/h2-8,22H,10-11H2,1H3,(H,19,21);/q-1;/t17-;/m0./s1. The Morgan fingerprint density at radius 1 is 1.32 bits per heavy atom. The summed E-state index contributed by atoms with van der Waals surface area (Å²) in [6.45, 7) is 1.44. The van der Waals surface area contributed by atoms with Crippen LogP contribution in [0.4, 0.5) is 11.4 Å². The number of benzene rings is 2. The average molecular weight is 481 g/mol. The number of hydrogen-bond acceptors (Lipinski definition) is 4. The zero-order valence-electron chi connectivity index (χ0n) is 13.5. The van der Waals surface area contributed by atoms with Crippen LogP contribution in [0.25, 0.3) is 0 Å². The number of nitrogens with zero attached hydrogens (tertiary/aromatic N) is 1. The molecule has 2 rings (SSSR count). The van der Waals surface area contributed by atoms with Crippen molar-refractivity contribution in [3.05, 3.63) is 68.7 Å². The monoisotopic (exact) mass is 480 g/mol. The minimum atomic E-state index is -1.56. The Hall–Kier alpha value is -1.15. The SMILES string of the molecule is C[C@](O)(CCc1ccc(Br)cc1)C(=O)Nc1c[c-]c([N+](=O)[O-])cc1.[Y]. The minimum absolute atomic E-state index is 0. The fourth-order valence-electron chi connectivity index (χ4n) is 2.03. The molecule has 0 heterocycles. The Morgan fingerprint density at radius 2 is 1.96 bits per heavy atom. The van der Waals surface area contributed by atoms with Crippen molar-refractivity contribution >= 4 is 33.2 Å². The zero-order valence-corrected chi connectivity index (χ0v) is 18.0. The molecular weight excluding hydrogens is 465 g/mol. The van der Waals surface area contributed by atoms with Crippen LogP contribution in [0.15, 0.2) is 46.9 Å². The molecule has 6 nitrogen and oxygen atoms in total. The maximum atomic E-state index is 12.2. The number of carbonyl (C=O) groups excluding carboxylic acids is 1. The summed E-state index contributed by atoms with van der Waals surface area (Å²) in [5.41, 5.74) is -0.395. The van der Waals surface area contributed by atoms with Crippen LogP contribution >= 0.6 is 15.9 Å². The predicted molar refractivity (Wildman–Crippen MR) is 93.6 cm³/mol. The normalized spacial score (nSPS) is 12.6. The second kappa shape index (κ2) is 9.52. The number of non-ortho nitro benzene ring substituents is 1. The first-order chi connectivity index (χ1) is 11.3. The Morgan fingerprint density at radius 3 is 2.48 bits per heavy atom. The van der Waals surface area contributed by atoms with Crippen LogP contribution < -0.4 is 5.32 Å². The van der Waals surface area contributed by atoms with Crippen LogP contribution in [0.2, 0.25) is 0 Å². The summed E-state index contributed by atoms with van der Waals surface area (Å²) < 4.78 is 0.963. The maximum absolute atomic E-state index is 12.2. The number of aliphatic hydroxyl groups is 1. The van der Waals surface area contributed by atoms with Crippen molar-refractivity contribution in [2.45, 2.75) is 25.4 Å². The quantitative estimate of drug-likeness (QED) is 0.376. The molecule has 0 spiro atoms. The van der Waals surface area contributed by atoms with Gasteiger partial charge in [0.1, 0.15) is 5.60 Å². The number of carbonyl (C=O) groups is 1. The van der Waals surface area contributed by atoms with Gasteiger partial charge in [0.25, 0.3) is 0 Å². The number of aryl methyl sites for hydroxylation is 1. The topological polar surface area (TPSA) is 92.5 Å². The van der Waals surface area contributed by atoms with Crippen LogP contribution in [-0.4, -0.2) is 21.5 Å². The van der Waals surface area contributed by atoms with Gasteiger partial charge in [0, 0.05) is 42.1 Å². The molecule has 0 bridgehead atoms. The van der Waals surface area contributed by atoms with E-state index in [4.69, 9.17) is 0 Å². The predicted octanol–water partition coefficient (Wildman–Crippen LogP) is 3.48. The first-order valence-electron chi connectivity index (χ1n) is 7.22. The van der Waals surface area contributed by atoms with E-state index >= 15 is 0 Å². The molecule has 1 amide bonds. The molecule has 0 aromatic heterocycles. The summed E-state index contributed by atoms with van der Waals surface area (Å²) in [5, 5.41) is 23.5. The zero-order chi connectivity index (χ0) is 17.7. The van der Waals surface area contributed by atoms with Gasteiger partial charge >= 0.3 is 0 Å². The Labute approximate surface area is 179 Å². The molecule has 0 aliphatic heterocycles. The van der Waals surface area contributed by atoms with Crippen molar-refractivity contribution in [3.63, 3.8) is 0 Å². The van der Waals surface area contributed by atoms with Crippen molar-refractivity contribution in [2.24, 2.45) is 0 Å². The molecule has 0 fully saturated rings. The van der Waals surface area contributed by atoms with Gasteiger partial charge in [-0.2, -0.15) is 0 Å². The van der Waals surface area contributed by atoms with Gasteiger partial charge in [-0.15, -0.1) is 12.1 Å². The van der Waals surface area contributed by atoms with E-state index in [2.05, 4.69) is 27.3 Å². The molecule has 0 aliphatic carbocycles. The van der Waals surface area contributed by atoms with E-state index in [0.29, 0.717) is 12.1 Å². The number of hydrogen-bond donors (Lipinski definition) is 2. The van der Waals surface area contributed by atoms with Gasteiger partial charge in [0.15, 0.2) is 5.69 Å². The van der Waals surface area contributed by atoms with Crippen LogP contribution in [-0.2, 0) is 43.9 Å². The van der Waals surface area contributed by atoms with Crippen LogP contribution in [0.5, 0.6) is 0 Å². The number of nitrogens with one attached hydrogen (secondary N) is 1. The number of amides is 1. The molecule has 129 valence electrons. The maximum Gasteiger partial charge on any atom is 0.245 e. The summed E-state index contributed by atoms with van der Waals surface area (Å²) in [6.07, 6.45) is 0.789. The van der Waals surface area contributed by atoms with Gasteiger partial charge < -0.3 is 10.4 Å². The number of halogens is 1. The summed E-state index contributed by atoms with van der Waals surface area (Å²) in [4.78, 5) is 22.2. The Bertz CT molecular complexity index is 733. The average Bonchev–Trinajstić information content (AvgIpc) is 2.55. The molecular formula is C17H16BrN2O4Y-. The van der Waals surface area contributed by atoms with E-state index in [9.17, 15) is 20.0 Å². The Kier molecular flexibility index (Phi) is 8.34. The van der Waals surface area contributed by atoms with Gasteiger partial charge in [-0.05, 0) is 37.5 Å². The van der Waals surface area contributed by atoms with Gasteiger partial charge in [-0.25, -0.2) is 0 Å². The molecule has 0 unspecified atom stereocenters. The van der Waals surface area contributed by atoms with Crippen molar-refractivity contribution in [3.8, 4) is 0 Å². The number of anilines is 1. The van der Waals surface area contributed by atoms with Crippen LogP contribution in [0.1, 0.15) is 18.9 Å². The molecule has 2 N–H and O–H groups in total.